The number of carbonyl (C=O) groups excluding carboxylic acids is 2. The molecule has 24 heavy (non-hydrogen) atoms. The highest BCUT2D eigenvalue weighted by molar-refractivity contribution is 5.94. The van der Waals surface area contributed by atoms with E-state index in [4.69, 9.17) is 15.2 Å². The van der Waals surface area contributed by atoms with Gasteiger partial charge in [0.2, 0.25) is 0 Å². The Balaban J connectivity index is 0.00000288. The number of rotatable bonds is 7. The lowest BCUT2D eigenvalue weighted by molar-refractivity contribution is -0.126. The molecule has 0 aromatic heterocycles. The third-order valence-electron chi connectivity index (χ3n) is 3.53. The van der Waals surface area contributed by atoms with Crippen molar-refractivity contribution in [2.75, 3.05) is 25.0 Å². The molecule has 2 amide bonds. The summed E-state index contributed by atoms with van der Waals surface area (Å²) in [5, 5.41) is 5.45. The molecule has 1 fully saturated rings. The summed E-state index contributed by atoms with van der Waals surface area (Å²) in [6, 6.07) is 6.85. The van der Waals surface area contributed by atoms with E-state index in [9.17, 15) is 9.59 Å². The lowest BCUT2D eigenvalue weighted by atomic mass is 10.2. The smallest absolute Gasteiger partial charge is 0.257 e. The molecule has 1 aromatic rings. The van der Waals surface area contributed by atoms with Crippen LogP contribution in [0.2, 0.25) is 0 Å². The number of anilines is 1. The summed E-state index contributed by atoms with van der Waals surface area (Å²) >= 11 is 0. The molecular weight excluding hydrogens is 334 g/mol. The highest BCUT2D eigenvalue weighted by atomic mass is 35.5. The van der Waals surface area contributed by atoms with Crippen LogP contribution in [0.25, 0.3) is 0 Å². The second-order valence-electron chi connectivity index (χ2n) is 5.32. The van der Waals surface area contributed by atoms with Crippen LogP contribution in [0, 0.1) is 0 Å². The van der Waals surface area contributed by atoms with Crippen LogP contribution in [0.15, 0.2) is 24.3 Å². The molecule has 1 heterocycles. The number of likely N-dealkylation sites (N-methyl/N-ethyl adjacent to an activating group) is 1. The first kappa shape index (κ1) is 20.2. The summed E-state index contributed by atoms with van der Waals surface area (Å²) in [4.78, 5) is 23.4. The van der Waals surface area contributed by atoms with E-state index in [1.807, 2.05) is 6.92 Å². The van der Waals surface area contributed by atoms with Crippen molar-refractivity contribution in [3.8, 4) is 5.75 Å². The molecule has 0 radical (unpaired) electrons. The van der Waals surface area contributed by atoms with Crippen LogP contribution >= 0.6 is 12.4 Å². The molecule has 0 bridgehead atoms. The Labute approximate surface area is 147 Å². The number of hydrogen-bond acceptors (Lipinski definition) is 5. The van der Waals surface area contributed by atoms with Gasteiger partial charge in [-0.15, -0.1) is 12.4 Å². The van der Waals surface area contributed by atoms with Crippen LogP contribution in [0.5, 0.6) is 5.75 Å². The van der Waals surface area contributed by atoms with Gasteiger partial charge < -0.3 is 25.8 Å². The quantitative estimate of drug-likeness (QED) is 0.677. The molecule has 1 aromatic carbocycles. The molecule has 0 unspecified atom stereocenters. The molecule has 8 heteroatoms. The van der Waals surface area contributed by atoms with Gasteiger partial charge >= 0.3 is 0 Å². The first-order valence-electron chi connectivity index (χ1n) is 7.78. The Morgan fingerprint density at radius 1 is 1.29 bits per heavy atom. The normalized spacial score (nSPS) is 19.2. The second-order valence-corrected chi connectivity index (χ2v) is 5.32. The van der Waals surface area contributed by atoms with Crippen molar-refractivity contribution >= 4 is 29.9 Å². The summed E-state index contributed by atoms with van der Waals surface area (Å²) < 4.78 is 10.9. The van der Waals surface area contributed by atoms with Crippen molar-refractivity contribution in [3.63, 3.8) is 0 Å². The van der Waals surface area contributed by atoms with Gasteiger partial charge in [-0.3, -0.25) is 9.59 Å². The monoisotopic (exact) mass is 357 g/mol. The lowest BCUT2D eigenvalue weighted by Crippen LogP contribution is -2.29. The molecular formula is C16H24ClN3O4. The first-order chi connectivity index (χ1) is 11.1. The zero-order valence-corrected chi connectivity index (χ0v) is 14.4. The standard InChI is InChI=1S/C16H23N3O4.ClH/c1-2-18-15(20)10-22-12-5-3-11(4-6-12)19-16(21)14-8-7-13(9-17)23-14;/h3-6,13-14H,2,7-10,17H2,1H3,(H,18,20)(H,19,21);1H/t13-,14+;/m1./s1. The predicted octanol–water partition coefficient (Wildman–Crippen LogP) is 1.07. The summed E-state index contributed by atoms with van der Waals surface area (Å²) in [6.45, 7) is 2.82. The molecule has 4 N–H and O–H groups in total. The number of benzene rings is 1. The minimum Gasteiger partial charge on any atom is -0.484 e. The van der Waals surface area contributed by atoms with Crippen molar-refractivity contribution in [1.29, 1.82) is 0 Å². The zero-order chi connectivity index (χ0) is 16.7. The van der Waals surface area contributed by atoms with Gasteiger partial charge in [-0.1, -0.05) is 0 Å². The fourth-order valence-corrected chi connectivity index (χ4v) is 2.33. The molecule has 1 aliphatic rings. The maximum atomic E-state index is 12.1. The van der Waals surface area contributed by atoms with Gasteiger partial charge in [-0.05, 0) is 44.0 Å². The van der Waals surface area contributed by atoms with Crippen molar-refractivity contribution in [3.05, 3.63) is 24.3 Å². The number of hydrogen-bond donors (Lipinski definition) is 3. The van der Waals surface area contributed by atoms with Gasteiger partial charge in [0.05, 0.1) is 6.10 Å². The van der Waals surface area contributed by atoms with Gasteiger partial charge in [-0.25, -0.2) is 0 Å². The predicted molar refractivity (Wildman–Crippen MR) is 93.4 cm³/mol. The van der Waals surface area contributed by atoms with E-state index in [1.165, 1.54) is 0 Å². The van der Waals surface area contributed by atoms with Gasteiger partial charge in [0.15, 0.2) is 6.61 Å². The molecule has 2 rings (SSSR count). The van der Waals surface area contributed by atoms with E-state index in [0.717, 1.165) is 6.42 Å². The number of nitrogens with one attached hydrogen (secondary N) is 2. The summed E-state index contributed by atoms with van der Waals surface area (Å²) in [6.07, 6.45) is 1.01. The average molecular weight is 358 g/mol. The zero-order valence-electron chi connectivity index (χ0n) is 13.6. The van der Waals surface area contributed by atoms with Gasteiger partial charge in [0.25, 0.3) is 11.8 Å². The van der Waals surface area contributed by atoms with Crippen LogP contribution < -0.4 is 21.1 Å². The third kappa shape index (κ3) is 5.99. The molecule has 2 atom stereocenters. The minimum absolute atomic E-state index is 0. The minimum atomic E-state index is -0.447. The molecule has 0 saturated carbocycles. The van der Waals surface area contributed by atoms with Gasteiger partial charge in [0, 0.05) is 18.8 Å². The molecule has 7 nitrogen and oxygen atoms in total. The van der Waals surface area contributed by atoms with Crippen LogP contribution in [0.4, 0.5) is 5.69 Å². The van der Waals surface area contributed by atoms with Crippen LogP contribution in [0.1, 0.15) is 19.8 Å². The van der Waals surface area contributed by atoms with Crippen molar-refractivity contribution in [2.24, 2.45) is 5.73 Å². The topological polar surface area (TPSA) is 103 Å². The van der Waals surface area contributed by atoms with E-state index in [1.54, 1.807) is 24.3 Å². The summed E-state index contributed by atoms with van der Waals surface area (Å²) in [5.41, 5.74) is 6.19. The fourth-order valence-electron chi connectivity index (χ4n) is 2.33. The number of carbonyl (C=O) groups is 2. The number of ether oxygens (including phenoxy) is 2. The SMILES string of the molecule is CCNC(=O)COc1ccc(NC(=O)[C@@H]2CC[C@H](CN)O2)cc1.Cl. The van der Waals surface area contributed by atoms with Crippen LogP contribution in [-0.2, 0) is 14.3 Å². The van der Waals surface area contributed by atoms with Gasteiger partial charge in [-0.2, -0.15) is 0 Å². The van der Waals surface area contributed by atoms with Crippen LogP contribution in [0.3, 0.4) is 0 Å². The third-order valence-corrected chi connectivity index (χ3v) is 3.53. The number of amides is 2. The largest absolute Gasteiger partial charge is 0.484 e. The Morgan fingerprint density at radius 2 is 2.00 bits per heavy atom. The summed E-state index contributed by atoms with van der Waals surface area (Å²) in [5.74, 6) is 0.226. The maximum absolute atomic E-state index is 12.1. The average Bonchev–Trinajstić information content (AvgIpc) is 3.04. The van der Waals surface area contributed by atoms with E-state index in [-0.39, 0.29) is 36.9 Å². The summed E-state index contributed by atoms with van der Waals surface area (Å²) in [7, 11) is 0. The van der Waals surface area contributed by atoms with E-state index >= 15 is 0 Å². The Morgan fingerprint density at radius 3 is 2.58 bits per heavy atom. The number of halogens is 1. The van der Waals surface area contributed by atoms with Crippen molar-refractivity contribution in [1.82, 2.24) is 5.32 Å². The lowest BCUT2D eigenvalue weighted by Gasteiger charge is -2.13. The van der Waals surface area contributed by atoms with Crippen molar-refractivity contribution in [2.45, 2.75) is 32.0 Å². The van der Waals surface area contributed by atoms with E-state index < -0.39 is 6.10 Å². The maximum Gasteiger partial charge on any atom is 0.257 e. The fraction of sp³-hybridized carbons (Fsp3) is 0.500. The Hall–Kier alpha value is -1.83. The van der Waals surface area contributed by atoms with E-state index in [2.05, 4.69) is 10.6 Å². The van der Waals surface area contributed by atoms with E-state index in [0.29, 0.717) is 30.9 Å². The van der Waals surface area contributed by atoms with Crippen LogP contribution in [-0.4, -0.2) is 43.7 Å². The molecule has 1 saturated heterocycles. The van der Waals surface area contributed by atoms with Gasteiger partial charge in [0.1, 0.15) is 11.9 Å². The Bertz CT molecular complexity index is 539. The number of nitrogens with two attached hydrogens (primary N) is 1. The molecule has 1 aliphatic heterocycles. The van der Waals surface area contributed by atoms with Crippen molar-refractivity contribution < 1.29 is 19.1 Å². The molecule has 0 spiro atoms. The highest BCUT2D eigenvalue weighted by Gasteiger charge is 2.29. The Kier molecular flexibility index (Phi) is 8.53. The molecule has 134 valence electrons. The molecule has 0 aliphatic carbocycles. The second kappa shape index (κ2) is 10.1. The highest BCUT2D eigenvalue weighted by Crippen LogP contribution is 2.21. The first-order valence-corrected chi connectivity index (χ1v) is 7.78.